The molecule has 0 fully saturated rings. The van der Waals surface area contributed by atoms with E-state index in [9.17, 15) is 4.79 Å². The monoisotopic (exact) mass is 176 g/mol. The Bertz CT molecular complexity index is 338. The van der Waals surface area contributed by atoms with E-state index >= 15 is 0 Å². The van der Waals surface area contributed by atoms with Gasteiger partial charge >= 0.3 is 0 Å². The summed E-state index contributed by atoms with van der Waals surface area (Å²) in [6.07, 6.45) is 10.2. The second kappa shape index (κ2) is 3.56. The molecule has 0 amide bonds. The molecule has 0 unspecified atom stereocenters. The third-order valence-electron chi connectivity index (χ3n) is 2.29. The van der Waals surface area contributed by atoms with Crippen molar-refractivity contribution in [1.82, 2.24) is 9.55 Å². The largest absolute Gasteiger partial charge is 0.333 e. The summed E-state index contributed by atoms with van der Waals surface area (Å²) in [4.78, 5) is 14.3. The fourth-order valence-electron chi connectivity index (χ4n) is 1.64. The quantitative estimate of drug-likeness (QED) is 0.520. The van der Waals surface area contributed by atoms with Crippen molar-refractivity contribution < 1.29 is 4.79 Å². The van der Waals surface area contributed by atoms with E-state index in [0.717, 1.165) is 12.8 Å². The maximum absolute atomic E-state index is 10.4. The molecule has 0 atom stereocenters. The van der Waals surface area contributed by atoms with Gasteiger partial charge in [0.2, 0.25) is 0 Å². The van der Waals surface area contributed by atoms with Crippen molar-refractivity contribution in [2.24, 2.45) is 0 Å². The highest BCUT2D eigenvalue weighted by atomic mass is 16.1. The van der Waals surface area contributed by atoms with E-state index in [1.54, 1.807) is 12.5 Å². The van der Waals surface area contributed by atoms with Crippen LogP contribution in [0.5, 0.6) is 0 Å². The molecule has 0 aliphatic heterocycles. The molecular formula is C10H12N2O. The average Bonchev–Trinajstić information content (AvgIpc) is 2.76. The lowest BCUT2D eigenvalue weighted by Crippen LogP contribution is -1.96. The van der Waals surface area contributed by atoms with Gasteiger partial charge in [-0.05, 0) is 19.3 Å². The Balaban J connectivity index is 2.04. The number of aromatic nitrogens is 2. The van der Waals surface area contributed by atoms with Gasteiger partial charge in [0.25, 0.3) is 0 Å². The van der Waals surface area contributed by atoms with Gasteiger partial charge in [-0.2, -0.15) is 0 Å². The Kier molecular flexibility index (Phi) is 2.25. The Hall–Kier alpha value is -1.38. The van der Waals surface area contributed by atoms with Crippen LogP contribution in [0.4, 0.5) is 0 Å². The number of aldehydes is 1. The van der Waals surface area contributed by atoms with Crippen molar-refractivity contribution in [3.63, 3.8) is 0 Å². The molecule has 0 saturated heterocycles. The lowest BCUT2D eigenvalue weighted by atomic mass is 10.2. The normalized spacial score (nSPS) is 15.8. The maximum atomic E-state index is 10.4. The van der Waals surface area contributed by atoms with Crippen LogP contribution < -0.4 is 0 Å². The van der Waals surface area contributed by atoms with E-state index < -0.39 is 0 Å². The van der Waals surface area contributed by atoms with Crippen LogP contribution in [0.1, 0.15) is 29.8 Å². The zero-order valence-corrected chi connectivity index (χ0v) is 7.44. The molecular weight excluding hydrogens is 164 g/mol. The van der Waals surface area contributed by atoms with Crippen molar-refractivity contribution in [3.8, 4) is 0 Å². The van der Waals surface area contributed by atoms with Gasteiger partial charge in [-0.15, -0.1) is 0 Å². The first-order chi connectivity index (χ1) is 6.38. The average molecular weight is 176 g/mol. The fourth-order valence-corrected chi connectivity index (χ4v) is 1.64. The van der Waals surface area contributed by atoms with Crippen LogP contribution >= 0.6 is 0 Å². The molecule has 3 nitrogen and oxygen atoms in total. The summed E-state index contributed by atoms with van der Waals surface area (Å²) in [5.74, 6) is 0. The van der Waals surface area contributed by atoms with Crippen LogP contribution in [0, 0.1) is 0 Å². The number of imidazole rings is 1. The molecule has 13 heavy (non-hydrogen) atoms. The molecule has 68 valence electrons. The molecule has 1 aromatic rings. The van der Waals surface area contributed by atoms with Crippen LogP contribution in [0.25, 0.3) is 0 Å². The van der Waals surface area contributed by atoms with E-state index in [2.05, 4.69) is 11.1 Å². The van der Waals surface area contributed by atoms with Gasteiger partial charge in [0.15, 0.2) is 6.29 Å². The van der Waals surface area contributed by atoms with Gasteiger partial charge in [-0.1, -0.05) is 11.6 Å². The molecule has 3 heteroatoms. The second-order valence-corrected chi connectivity index (χ2v) is 3.34. The van der Waals surface area contributed by atoms with Crippen LogP contribution in [-0.2, 0) is 6.54 Å². The molecule has 0 saturated carbocycles. The Morgan fingerprint density at radius 1 is 1.62 bits per heavy atom. The van der Waals surface area contributed by atoms with E-state index in [1.807, 2.05) is 4.57 Å². The van der Waals surface area contributed by atoms with E-state index in [4.69, 9.17) is 0 Å². The molecule has 0 spiro atoms. The summed E-state index contributed by atoms with van der Waals surface area (Å²) < 4.78 is 1.96. The minimum absolute atomic E-state index is 0.513. The third kappa shape index (κ3) is 1.86. The van der Waals surface area contributed by atoms with Crippen molar-refractivity contribution in [2.75, 3.05) is 0 Å². The van der Waals surface area contributed by atoms with Crippen LogP contribution in [0.3, 0.4) is 0 Å². The van der Waals surface area contributed by atoms with Crippen molar-refractivity contribution in [2.45, 2.75) is 25.8 Å². The van der Waals surface area contributed by atoms with E-state index in [0.29, 0.717) is 5.69 Å². The van der Waals surface area contributed by atoms with Crippen molar-refractivity contribution in [1.29, 1.82) is 0 Å². The van der Waals surface area contributed by atoms with Gasteiger partial charge in [-0.25, -0.2) is 4.98 Å². The number of allylic oxidation sites excluding steroid dienone is 2. The number of carbonyl (C=O) groups excluding carboxylic acids is 1. The molecule has 1 aromatic heterocycles. The summed E-state index contributed by atoms with van der Waals surface area (Å²) in [6, 6.07) is 0. The Labute approximate surface area is 77.1 Å². The highest BCUT2D eigenvalue weighted by Crippen LogP contribution is 2.18. The lowest BCUT2D eigenvalue weighted by Gasteiger charge is -2.01. The van der Waals surface area contributed by atoms with Gasteiger partial charge in [0, 0.05) is 12.7 Å². The molecule has 1 aliphatic carbocycles. The summed E-state index contributed by atoms with van der Waals surface area (Å²) >= 11 is 0. The molecule has 0 bridgehead atoms. The number of nitrogens with zero attached hydrogens (tertiary/aromatic N) is 2. The van der Waals surface area contributed by atoms with Crippen molar-refractivity contribution in [3.05, 3.63) is 29.9 Å². The molecule has 0 radical (unpaired) electrons. The first-order valence-electron chi connectivity index (χ1n) is 4.53. The lowest BCUT2D eigenvalue weighted by molar-refractivity contribution is 0.111. The number of hydrogen-bond donors (Lipinski definition) is 0. The van der Waals surface area contributed by atoms with E-state index in [1.165, 1.54) is 24.8 Å². The fraction of sp³-hybridized carbons (Fsp3) is 0.400. The van der Waals surface area contributed by atoms with Crippen LogP contribution in [0.2, 0.25) is 0 Å². The third-order valence-corrected chi connectivity index (χ3v) is 2.29. The zero-order chi connectivity index (χ0) is 9.10. The van der Waals surface area contributed by atoms with E-state index in [-0.39, 0.29) is 0 Å². The van der Waals surface area contributed by atoms with Gasteiger partial charge < -0.3 is 4.57 Å². The SMILES string of the molecule is O=Cc1cn(CC2=CCCC2)cn1. The smallest absolute Gasteiger partial charge is 0.169 e. The van der Waals surface area contributed by atoms with Crippen molar-refractivity contribution >= 4 is 6.29 Å². The van der Waals surface area contributed by atoms with Crippen LogP contribution in [-0.4, -0.2) is 15.8 Å². The number of hydrogen-bond acceptors (Lipinski definition) is 2. The minimum Gasteiger partial charge on any atom is -0.333 e. The predicted molar refractivity (Wildman–Crippen MR) is 49.5 cm³/mol. The molecule has 1 heterocycles. The first kappa shape index (κ1) is 8.23. The highest BCUT2D eigenvalue weighted by molar-refractivity contribution is 5.70. The summed E-state index contributed by atoms with van der Waals surface area (Å²) in [5.41, 5.74) is 1.97. The molecule has 0 N–H and O–H groups in total. The topological polar surface area (TPSA) is 34.9 Å². The van der Waals surface area contributed by atoms with Gasteiger partial charge in [0.05, 0.1) is 6.33 Å². The van der Waals surface area contributed by atoms with Gasteiger partial charge in [-0.3, -0.25) is 4.79 Å². The number of carbonyl (C=O) groups is 1. The predicted octanol–water partition coefficient (Wildman–Crippen LogP) is 1.81. The zero-order valence-electron chi connectivity index (χ0n) is 7.44. The molecule has 1 aliphatic rings. The molecule has 2 rings (SSSR count). The standard InChI is InChI=1S/C10H12N2O/c13-7-10-6-12(8-11-10)5-9-3-1-2-4-9/h3,6-8H,1-2,4-5H2. The second-order valence-electron chi connectivity index (χ2n) is 3.34. The minimum atomic E-state index is 0.513. The van der Waals surface area contributed by atoms with Crippen LogP contribution in [0.15, 0.2) is 24.2 Å². The highest BCUT2D eigenvalue weighted by Gasteiger charge is 2.05. The Morgan fingerprint density at radius 3 is 3.15 bits per heavy atom. The summed E-state index contributed by atoms with van der Waals surface area (Å²) in [5, 5.41) is 0. The van der Waals surface area contributed by atoms with Gasteiger partial charge in [0.1, 0.15) is 5.69 Å². The summed E-state index contributed by atoms with van der Waals surface area (Å²) in [7, 11) is 0. The summed E-state index contributed by atoms with van der Waals surface area (Å²) in [6.45, 7) is 0.890. The Morgan fingerprint density at radius 2 is 2.54 bits per heavy atom. The molecule has 0 aromatic carbocycles. The maximum Gasteiger partial charge on any atom is 0.169 e. The first-order valence-corrected chi connectivity index (χ1v) is 4.53. The number of rotatable bonds is 3.